The zero-order valence-corrected chi connectivity index (χ0v) is 14.9. The Bertz CT molecular complexity index is 779. The summed E-state index contributed by atoms with van der Waals surface area (Å²) in [5.41, 5.74) is 0.649. The van der Waals surface area contributed by atoms with Crippen LogP contribution in [0, 0.1) is 0 Å². The van der Waals surface area contributed by atoms with Crippen LogP contribution in [0.15, 0.2) is 24.3 Å². The zero-order chi connectivity index (χ0) is 19.4. The van der Waals surface area contributed by atoms with E-state index in [2.05, 4.69) is 20.3 Å². The number of ketones is 1. The van der Waals surface area contributed by atoms with Gasteiger partial charge in [-0.25, -0.2) is 0 Å². The van der Waals surface area contributed by atoms with Gasteiger partial charge in [-0.2, -0.15) is 0 Å². The van der Waals surface area contributed by atoms with Gasteiger partial charge in [0.2, 0.25) is 0 Å². The molecule has 0 amide bonds. The van der Waals surface area contributed by atoms with Crippen molar-refractivity contribution in [2.45, 2.75) is 57.9 Å². The van der Waals surface area contributed by atoms with E-state index in [1.54, 1.807) is 0 Å². The molecule has 0 bridgehead atoms. The lowest BCUT2D eigenvalue weighted by Crippen LogP contribution is -2.20. The van der Waals surface area contributed by atoms with Gasteiger partial charge >= 0.3 is 6.36 Å². The molecule has 27 heavy (non-hydrogen) atoms. The number of carbonyl (C=O) groups excluding carboxylic acids is 1. The highest BCUT2D eigenvalue weighted by Gasteiger charge is 2.31. The molecule has 1 saturated carbocycles. The number of alkyl halides is 3. The van der Waals surface area contributed by atoms with Crippen LogP contribution >= 0.6 is 0 Å². The average Bonchev–Trinajstić information content (AvgIpc) is 2.83. The number of hydrogen-bond donors (Lipinski definition) is 1. The summed E-state index contributed by atoms with van der Waals surface area (Å²) in [6, 6.07) is 5.40. The number of ether oxygens (including phenoxy) is 1. The molecule has 0 saturated heterocycles. The summed E-state index contributed by atoms with van der Waals surface area (Å²) in [6.07, 6.45) is 1.93. The Morgan fingerprint density at radius 3 is 2.30 bits per heavy atom. The normalized spacial score (nSPS) is 16.0. The SMILES string of the molecule is CC(=O)c1nn(-c2ccc(OC(F)(F)F)cc2)nc1NC1CCCCCC1. The first-order valence-corrected chi connectivity index (χ1v) is 8.93. The minimum atomic E-state index is -4.75. The van der Waals surface area contributed by atoms with Crippen LogP contribution in [-0.2, 0) is 0 Å². The van der Waals surface area contributed by atoms with E-state index in [0.29, 0.717) is 11.5 Å². The molecule has 9 heteroatoms. The van der Waals surface area contributed by atoms with Gasteiger partial charge in [0.25, 0.3) is 0 Å². The number of nitrogens with zero attached hydrogens (tertiary/aromatic N) is 3. The number of aromatic nitrogens is 3. The third-order valence-electron chi connectivity index (χ3n) is 4.44. The fraction of sp³-hybridized carbons (Fsp3) is 0.500. The number of halogens is 3. The second kappa shape index (κ2) is 7.98. The topological polar surface area (TPSA) is 69.0 Å². The van der Waals surface area contributed by atoms with Gasteiger partial charge in [-0.3, -0.25) is 4.79 Å². The first kappa shape index (κ1) is 19.2. The van der Waals surface area contributed by atoms with Crippen LogP contribution in [-0.4, -0.2) is 33.2 Å². The molecule has 1 heterocycles. The van der Waals surface area contributed by atoms with Crippen molar-refractivity contribution in [2.24, 2.45) is 0 Å². The molecular weight excluding hydrogens is 361 g/mol. The lowest BCUT2D eigenvalue weighted by molar-refractivity contribution is -0.274. The fourth-order valence-corrected chi connectivity index (χ4v) is 3.15. The van der Waals surface area contributed by atoms with E-state index in [1.165, 1.54) is 48.8 Å². The van der Waals surface area contributed by atoms with Crippen LogP contribution < -0.4 is 10.1 Å². The summed E-state index contributed by atoms with van der Waals surface area (Å²) in [5.74, 6) is -0.151. The van der Waals surface area contributed by atoms with Crippen molar-refractivity contribution in [3.63, 3.8) is 0 Å². The molecule has 1 aromatic carbocycles. The molecule has 1 fully saturated rings. The maximum absolute atomic E-state index is 12.3. The number of nitrogens with one attached hydrogen (secondary N) is 1. The molecule has 0 atom stereocenters. The largest absolute Gasteiger partial charge is 0.573 e. The smallest absolute Gasteiger partial charge is 0.406 e. The molecule has 1 aliphatic rings. The third-order valence-corrected chi connectivity index (χ3v) is 4.44. The van der Waals surface area contributed by atoms with E-state index in [4.69, 9.17) is 0 Å². The molecule has 1 N–H and O–H groups in total. The van der Waals surface area contributed by atoms with Crippen molar-refractivity contribution >= 4 is 11.6 Å². The van der Waals surface area contributed by atoms with Crippen LogP contribution in [0.5, 0.6) is 5.75 Å². The van der Waals surface area contributed by atoms with E-state index in [1.807, 2.05) is 0 Å². The predicted octanol–water partition coefficient (Wildman–Crippen LogP) is 4.50. The minimum Gasteiger partial charge on any atom is -0.406 e. The molecule has 6 nitrogen and oxygen atoms in total. The Kier molecular flexibility index (Phi) is 5.67. The number of anilines is 1. The predicted molar refractivity (Wildman–Crippen MR) is 93.2 cm³/mol. The maximum Gasteiger partial charge on any atom is 0.573 e. The Hall–Kier alpha value is -2.58. The van der Waals surface area contributed by atoms with E-state index in [0.717, 1.165) is 25.7 Å². The molecular formula is C18H21F3N4O2. The van der Waals surface area contributed by atoms with Crippen molar-refractivity contribution < 1.29 is 22.7 Å². The summed E-state index contributed by atoms with van der Waals surface area (Å²) < 4.78 is 40.6. The molecule has 3 rings (SSSR count). The Labute approximate surface area is 154 Å². The number of benzene rings is 1. The Balaban J connectivity index is 1.80. The lowest BCUT2D eigenvalue weighted by atomic mass is 10.1. The number of Topliss-reactive ketones (excluding diaryl/α,β-unsaturated/α-hetero) is 1. The summed E-state index contributed by atoms with van der Waals surface area (Å²) in [7, 11) is 0. The van der Waals surface area contributed by atoms with Gasteiger partial charge in [-0.15, -0.1) is 28.2 Å². The Morgan fingerprint density at radius 2 is 1.74 bits per heavy atom. The highest BCUT2D eigenvalue weighted by molar-refractivity contribution is 5.96. The standard InChI is InChI=1S/C18H21F3N4O2/c1-12(26)16-17(22-13-6-4-2-3-5-7-13)24-25(23-16)14-8-10-15(11-9-14)27-18(19,20)21/h8-11,13H,2-7H2,1H3,(H,22,24). The third kappa shape index (κ3) is 5.21. The van der Waals surface area contributed by atoms with Crippen molar-refractivity contribution in [1.82, 2.24) is 15.0 Å². The van der Waals surface area contributed by atoms with Crippen molar-refractivity contribution in [3.05, 3.63) is 30.0 Å². The van der Waals surface area contributed by atoms with Crippen LogP contribution in [0.25, 0.3) is 5.69 Å². The number of rotatable bonds is 5. The summed E-state index contributed by atoms with van der Waals surface area (Å²) >= 11 is 0. The quantitative estimate of drug-likeness (QED) is 0.609. The molecule has 2 aromatic rings. The summed E-state index contributed by atoms with van der Waals surface area (Å²) in [4.78, 5) is 13.2. The van der Waals surface area contributed by atoms with Gasteiger partial charge in [0.1, 0.15) is 5.75 Å². The van der Waals surface area contributed by atoms with Crippen molar-refractivity contribution in [1.29, 1.82) is 0 Å². The van der Waals surface area contributed by atoms with Gasteiger partial charge in [0.15, 0.2) is 17.3 Å². The number of carbonyl (C=O) groups is 1. The van der Waals surface area contributed by atoms with E-state index in [-0.39, 0.29) is 23.3 Å². The van der Waals surface area contributed by atoms with E-state index >= 15 is 0 Å². The monoisotopic (exact) mass is 382 g/mol. The fourth-order valence-electron chi connectivity index (χ4n) is 3.15. The van der Waals surface area contributed by atoms with Gasteiger partial charge in [-0.05, 0) is 37.1 Å². The van der Waals surface area contributed by atoms with E-state index in [9.17, 15) is 18.0 Å². The molecule has 0 aliphatic heterocycles. The molecule has 1 aromatic heterocycles. The molecule has 146 valence electrons. The minimum absolute atomic E-state index is 0.217. The van der Waals surface area contributed by atoms with Gasteiger partial charge < -0.3 is 10.1 Å². The molecule has 0 unspecified atom stereocenters. The van der Waals surface area contributed by atoms with Crippen LogP contribution in [0.4, 0.5) is 19.0 Å². The van der Waals surface area contributed by atoms with Crippen LogP contribution in [0.2, 0.25) is 0 Å². The zero-order valence-electron chi connectivity index (χ0n) is 14.9. The first-order chi connectivity index (χ1) is 12.8. The van der Waals surface area contributed by atoms with Crippen LogP contribution in [0.1, 0.15) is 55.9 Å². The molecule has 1 aliphatic carbocycles. The summed E-state index contributed by atoms with van der Waals surface area (Å²) in [6.45, 7) is 1.41. The van der Waals surface area contributed by atoms with Crippen molar-refractivity contribution in [2.75, 3.05) is 5.32 Å². The average molecular weight is 382 g/mol. The van der Waals surface area contributed by atoms with E-state index < -0.39 is 6.36 Å². The molecule has 0 spiro atoms. The summed E-state index contributed by atoms with van der Waals surface area (Å²) in [5, 5.41) is 11.9. The number of hydrogen-bond acceptors (Lipinski definition) is 5. The van der Waals surface area contributed by atoms with Crippen LogP contribution in [0.3, 0.4) is 0 Å². The first-order valence-electron chi connectivity index (χ1n) is 8.93. The lowest BCUT2D eigenvalue weighted by Gasteiger charge is -2.15. The second-order valence-corrected chi connectivity index (χ2v) is 6.62. The van der Waals surface area contributed by atoms with Gasteiger partial charge in [-0.1, -0.05) is 25.7 Å². The highest BCUT2D eigenvalue weighted by atomic mass is 19.4. The maximum atomic E-state index is 12.3. The second-order valence-electron chi connectivity index (χ2n) is 6.62. The van der Waals surface area contributed by atoms with Gasteiger partial charge in [0.05, 0.1) is 5.69 Å². The van der Waals surface area contributed by atoms with Crippen molar-refractivity contribution in [3.8, 4) is 11.4 Å². The highest BCUT2D eigenvalue weighted by Crippen LogP contribution is 2.25. The Morgan fingerprint density at radius 1 is 1.11 bits per heavy atom. The van der Waals surface area contributed by atoms with Gasteiger partial charge in [0, 0.05) is 13.0 Å². The molecule has 0 radical (unpaired) electrons.